The minimum absolute atomic E-state index is 0.155. The van der Waals surface area contributed by atoms with Gasteiger partial charge >= 0.3 is 27.3 Å². The van der Waals surface area contributed by atoms with Crippen molar-refractivity contribution in [2.24, 2.45) is 0 Å². The number of methoxy groups -OCH3 is 1. The van der Waals surface area contributed by atoms with E-state index in [9.17, 15) is 30.8 Å². The van der Waals surface area contributed by atoms with Gasteiger partial charge in [0, 0.05) is 20.1 Å². The quantitative estimate of drug-likeness (QED) is 0.148. The normalized spacial score (nSPS) is 13.0. The lowest BCUT2D eigenvalue weighted by molar-refractivity contribution is -0.166. The van der Waals surface area contributed by atoms with Crippen LogP contribution in [0.1, 0.15) is 12.8 Å². The molecule has 0 aliphatic rings. The van der Waals surface area contributed by atoms with Crippen LogP contribution in [-0.2, 0) is 29.1 Å². The molecule has 0 aromatic heterocycles. The summed E-state index contributed by atoms with van der Waals surface area (Å²) in [4.78, 5) is 11.2. The van der Waals surface area contributed by atoms with Gasteiger partial charge in [-0.15, -0.1) is 0 Å². The average Bonchev–Trinajstić information content (AvgIpc) is 2.42. The summed E-state index contributed by atoms with van der Waals surface area (Å²) in [6, 6.07) is 0. The number of rotatable bonds is 11. The van der Waals surface area contributed by atoms with Gasteiger partial charge in [0.05, 0.1) is 12.2 Å². The van der Waals surface area contributed by atoms with Crippen molar-refractivity contribution in [1.29, 1.82) is 0 Å². The number of hydrogen-bond acceptors (Lipinski definition) is 6. The molecule has 0 saturated carbocycles. The molecule has 0 amide bonds. The maximum atomic E-state index is 13.1. The van der Waals surface area contributed by atoms with Crippen molar-refractivity contribution < 1.29 is 49.5 Å². The topological polar surface area (TPSA) is 99.1 Å². The average molecular weight is 368 g/mol. The summed E-state index contributed by atoms with van der Waals surface area (Å²) in [6.45, 7) is 2.09. The Kier molecular flexibility index (Phi) is 8.11. The van der Waals surface area contributed by atoms with Gasteiger partial charge < -0.3 is 14.2 Å². The molecule has 0 aliphatic heterocycles. The summed E-state index contributed by atoms with van der Waals surface area (Å²) in [5.74, 6) is -5.83. The molecule has 12 heteroatoms. The van der Waals surface area contributed by atoms with Crippen molar-refractivity contribution >= 4 is 16.1 Å². The Labute approximate surface area is 129 Å². The molecule has 0 heterocycles. The summed E-state index contributed by atoms with van der Waals surface area (Å²) < 4.78 is 94.3. The molecule has 136 valence electrons. The summed E-state index contributed by atoms with van der Waals surface area (Å²) in [5, 5.41) is -5.60. The zero-order chi connectivity index (χ0) is 18.3. The molecule has 0 bridgehead atoms. The minimum Gasteiger partial charge on any atom is -0.435 e. The van der Waals surface area contributed by atoms with Crippen LogP contribution in [0.25, 0.3) is 0 Å². The van der Waals surface area contributed by atoms with Crippen LogP contribution in [0, 0.1) is 0 Å². The SMILES string of the molecule is C=C(COCCCC(F)(F)C(F)(F)S(=O)(=O)O)C(=O)OCOC. The molecule has 1 N–H and O–H groups in total. The maximum Gasteiger partial charge on any atom is 0.431 e. The molecule has 0 aliphatic carbocycles. The molecule has 0 rings (SSSR count). The van der Waals surface area contributed by atoms with E-state index in [0.29, 0.717) is 0 Å². The second kappa shape index (κ2) is 8.57. The third-order valence-corrected chi connectivity index (χ3v) is 3.35. The van der Waals surface area contributed by atoms with Gasteiger partial charge in [0.1, 0.15) is 0 Å². The van der Waals surface area contributed by atoms with E-state index in [0.717, 1.165) is 0 Å². The van der Waals surface area contributed by atoms with Crippen LogP contribution in [0.2, 0.25) is 0 Å². The predicted octanol–water partition coefficient (Wildman–Crippen LogP) is 1.60. The summed E-state index contributed by atoms with van der Waals surface area (Å²) in [5.41, 5.74) is -0.155. The van der Waals surface area contributed by atoms with Gasteiger partial charge in [0.15, 0.2) is 6.79 Å². The highest BCUT2D eigenvalue weighted by atomic mass is 32.2. The standard InChI is InChI=1S/C11H16F4O7S/c1-8(9(16)22-7-20-2)6-21-5-3-4-10(12,13)11(14,15)23(17,18)19/h1,3-7H2,2H3,(H,17,18,19). The number of hydrogen-bond donors (Lipinski definition) is 1. The van der Waals surface area contributed by atoms with Crippen LogP contribution in [0.3, 0.4) is 0 Å². The monoisotopic (exact) mass is 368 g/mol. The smallest absolute Gasteiger partial charge is 0.431 e. The van der Waals surface area contributed by atoms with Gasteiger partial charge in [0.25, 0.3) is 0 Å². The maximum absolute atomic E-state index is 13.1. The number of ether oxygens (including phenoxy) is 3. The molecular formula is C11H16F4O7S. The van der Waals surface area contributed by atoms with E-state index in [1.807, 2.05) is 0 Å². The third-order valence-electron chi connectivity index (χ3n) is 2.40. The van der Waals surface area contributed by atoms with Crippen LogP contribution in [-0.4, -0.2) is 57.2 Å². The fourth-order valence-electron chi connectivity index (χ4n) is 1.20. The molecule has 0 aromatic rings. The molecule has 0 unspecified atom stereocenters. The zero-order valence-corrected chi connectivity index (χ0v) is 12.9. The fourth-order valence-corrected chi connectivity index (χ4v) is 1.68. The van der Waals surface area contributed by atoms with E-state index in [1.54, 1.807) is 0 Å². The summed E-state index contributed by atoms with van der Waals surface area (Å²) >= 11 is 0. The minimum atomic E-state index is -6.25. The van der Waals surface area contributed by atoms with Crippen LogP contribution in [0.5, 0.6) is 0 Å². The molecule has 0 fully saturated rings. The lowest BCUT2D eigenvalue weighted by Gasteiger charge is -2.23. The first kappa shape index (κ1) is 21.8. The lowest BCUT2D eigenvalue weighted by atomic mass is 10.2. The Balaban J connectivity index is 4.22. The number of esters is 1. The second-order valence-electron chi connectivity index (χ2n) is 4.29. The zero-order valence-electron chi connectivity index (χ0n) is 12.1. The summed E-state index contributed by atoms with van der Waals surface area (Å²) in [7, 11) is -4.97. The van der Waals surface area contributed by atoms with Crippen molar-refractivity contribution in [1.82, 2.24) is 0 Å². The predicted molar refractivity (Wildman–Crippen MR) is 68.6 cm³/mol. The Hall–Kier alpha value is -1.24. The van der Waals surface area contributed by atoms with Crippen molar-refractivity contribution in [3.63, 3.8) is 0 Å². The van der Waals surface area contributed by atoms with E-state index in [1.165, 1.54) is 7.11 Å². The molecule has 0 radical (unpaired) electrons. The molecule has 0 atom stereocenters. The van der Waals surface area contributed by atoms with Gasteiger partial charge in [-0.25, -0.2) is 4.79 Å². The first-order chi connectivity index (χ1) is 10.4. The first-order valence-electron chi connectivity index (χ1n) is 6.01. The van der Waals surface area contributed by atoms with Gasteiger partial charge in [0.2, 0.25) is 0 Å². The fraction of sp³-hybridized carbons (Fsp3) is 0.727. The van der Waals surface area contributed by atoms with Crippen LogP contribution >= 0.6 is 0 Å². The first-order valence-corrected chi connectivity index (χ1v) is 7.45. The lowest BCUT2D eigenvalue weighted by Crippen LogP contribution is -2.46. The Morgan fingerprint density at radius 1 is 1.26 bits per heavy atom. The molecule has 0 saturated heterocycles. The summed E-state index contributed by atoms with van der Waals surface area (Å²) in [6.07, 6.45) is -2.21. The number of carbonyl (C=O) groups is 1. The number of alkyl halides is 4. The van der Waals surface area contributed by atoms with E-state index >= 15 is 0 Å². The van der Waals surface area contributed by atoms with Gasteiger partial charge in [-0.3, -0.25) is 4.55 Å². The third kappa shape index (κ3) is 6.41. The van der Waals surface area contributed by atoms with Crippen molar-refractivity contribution in [2.75, 3.05) is 27.1 Å². The molecular weight excluding hydrogens is 352 g/mol. The van der Waals surface area contributed by atoms with E-state index in [-0.39, 0.29) is 12.4 Å². The molecule has 23 heavy (non-hydrogen) atoms. The van der Waals surface area contributed by atoms with Crippen molar-refractivity contribution in [3.05, 3.63) is 12.2 Å². The highest BCUT2D eigenvalue weighted by molar-refractivity contribution is 7.87. The molecule has 0 aromatic carbocycles. The van der Waals surface area contributed by atoms with Crippen molar-refractivity contribution in [3.8, 4) is 0 Å². The molecule has 7 nitrogen and oxygen atoms in total. The van der Waals surface area contributed by atoms with Crippen LogP contribution < -0.4 is 0 Å². The van der Waals surface area contributed by atoms with Crippen molar-refractivity contribution in [2.45, 2.75) is 24.0 Å². The number of carbonyl (C=O) groups excluding carboxylic acids is 1. The van der Waals surface area contributed by atoms with Gasteiger partial charge in [-0.05, 0) is 6.42 Å². The largest absolute Gasteiger partial charge is 0.435 e. The Bertz CT molecular complexity index is 518. The van der Waals surface area contributed by atoms with Crippen LogP contribution in [0.4, 0.5) is 17.6 Å². The Morgan fingerprint density at radius 2 is 1.83 bits per heavy atom. The Morgan fingerprint density at radius 3 is 2.30 bits per heavy atom. The van der Waals surface area contributed by atoms with E-state index in [4.69, 9.17) is 9.29 Å². The highest BCUT2D eigenvalue weighted by Gasteiger charge is 2.64. The van der Waals surface area contributed by atoms with E-state index in [2.05, 4.69) is 16.1 Å². The van der Waals surface area contributed by atoms with Gasteiger partial charge in [-0.2, -0.15) is 26.0 Å². The van der Waals surface area contributed by atoms with E-state index < -0.39 is 53.3 Å². The van der Waals surface area contributed by atoms with Gasteiger partial charge in [-0.1, -0.05) is 6.58 Å². The number of halogens is 4. The second-order valence-corrected chi connectivity index (χ2v) is 5.76. The highest BCUT2D eigenvalue weighted by Crippen LogP contribution is 2.41. The molecule has 0 spiro atoms. The van der Waals surface area contributed by atoms with Crippen LogP contribution in [0.15, 0.2) is 12.2 Å².